The molecule has 5 heterocycles. The SMILES string of the molecule is C[C@]1(N2CCOc3c2cccc3[C@H]2CC[C@H](N3CCC(c4ccnc(-c5cc(-c6cccc(F)c6O)nnc5N)c4)CC3)CC2)CCC(=O)NC1=O. The van der Waals surface area contributed by atoms with E-state index < -0.39 is 17.1 Å². The molecule has 0 bridgehead atoms. The lowest BCUT2D eigenvalue weighted by molar-refractivity contribution is -0.137. The minimum absolute atomic E-state index is 0.206. The van der Waals surface area contributed by atoms with Crippen LogP contribution in [0, 0.1) is 5.82 Å². The molecule has 3 aliphatic heterocycles. The van der Waals surface area contributed by atoms with Gasteiger partial charge in [0.05, 0.1) is 23.6 Å². The molecule has 4 N–H and O–H groups in total. The lowest BCUT2D eigenvalue weighted by Gasteiger charge is -2.46. The number of anilines is 2. The van der Waals surface area contributed by atoms with Gasteiger partial charge in [-0.25, -0.2) is 4.39 Å². The number of halogens is 1. The molecule has 1 atom stereocenters. The molecule has 8 rings (SSSR count). The molecule has 11 nitrogen and oxygen atoms in total. The number of piperidine rings is 2. The molecule has 1 aliphatic carbocycles. The molecule has 0 spiro atoms. The van der Waals surface area contributed by atoms with Crippen molar-refractivity contribution < 1.29 is 23.8 Å². The van der Waals surface area contributed by atoms with Crippen molar-refractivity contribution in [3.63, 3.8) is 0 Å². The van der Waals surface area contributed by atoms with Crippen molar-refractivity contribution in [2.75, 3.05) is 36.9 Å². The van der Waals surface area contributed by atoms with Gasteiger partial charge in [0, 0.05) is 29.8 Å². The molecule has 2 aromatic carbocycles. The van der Waals surface area contributed by atoms with E-state index in [9.17, 15) is 19.1 Å². The summed E-state index contributed by atoms with van der Waals surface area (Å²) in [6.07, 6.45) is 9.14. The fourth-order valence-corrected chi connectivity index (χ4v) is 8.82. The number of hydrogen-bond donors (Lipinski definition) is 3. The second-order valence-electron chi connectivity index (χ2n) is 14.8. The monoisotopic (exact) mass is 705 g/mol. The molecular weight excluding hydrogens is 661 g/mol. The van der Waals surface area contributed by atoms with Crippen LogP contribution in [0.15, 0.2) is 60.8 Å². The first kappa shape index (κ1) is 34.0. The Balaban J connectivity index is 0.907. The van der Waals surface area contributed by atoms with E-state index in [1.54, 1.807) is 18.3 Å². The Labute approximate surface area is 302 Å². The Kier molecular flexibility index (Phi) is 9.02. The molecule has 0 radical (unpaired) electrons. The molecule has 4 aromatic rings. The second-order valence-corrected chi connectivity index (χ2v) is 14.8. The summed E-state index contributed by atoms with van der Waals surface area (Å²) >= 11 is 0. The van der Waals surface area contributed by atoms with E-state index in [-0.39, 0.29) is 23.2 Å². The van der Waals surface area contributed by atoms with Crippen molar-refractivity contribution in [2.45, 2.75) is 81.7 Å². The lowest BCUT2D eigenvalue weighted by atomic mass is 9.79. The number of para-hydroxylation sites is 2. The summed E-state index contributed by atoms with van der Waals surface area (Å²) < 4.78 is 20.4. The number of imide groups is 1. The third-order valence-electron chi connectivity index (χ3n) is 11.9. The van der Waals surface area contributed by atoms with E-state index in [2.05, 4.69) is 54.6 Å². The lowest BCUT2D eigenvalue weighted by Crippen LogP contribution is -2.63. The number of amides is 2. The maximum Gasteiger partial charge on any atom is 0.252 e. The van der Waals surface area contributed by atoms with E-state index in [0.29, 0.717) is 60.8 Å². The van der Waals surface area contributed by atoms with Gasteiger partial charge in [-0.15, -0.1) is 10.2 Å². The van der Waals surface area contributed by atoms with Crippen molar-refractivity contribution >= 4 is 23.3 Å². The summed E-state index contributed by atoms with van der Waals surface area (Å²) in [7, 11) is 0. The number of aromatic hydroxyl groups is 1. The number of nitrogen functional groups attached to an aromatic ring is 1. The number of nitrogens with zero attached hydrogens (tertiary/aromatic N) is 5. The molecule has 0 unspecified atom stereocenters. The molecule has 2 aromatic heterocycles. The Morgan fingerprint density at radius 1 is 0.923 bits per heavy atom. The topological polar surface area (TPSA) is 147 Å². The number of phenols is 1. The van der Waals surface area contributed by atoms with Crippen LogP contribution < -0.4 is 20.7 Å². The van der Waals surface area contributed by atoms with Crippen LogP contribution in [0.4, 0.5) is 15.9 Å². The second kappa shape index (κ2) is 13.8. The van der Waals surface area contributed by atoms with E-state index >= 15 is 0 Å². The van der Waals surface area contributed by atoms with Crippen LogP contribution in [-0.4, -0.2) is 74.8 Å². The average Bonchev–Trinajstić information content (AvgIpc) is 3.17. The summed E-state index contributed by atoms with van der Waals surface area (Å²) in [4.78, 5) is 34.3. The normalized spacial score (nSPS) is 24.2. The van der Waals surface area contributed by atoms with Gasteiger partial charge in [0.1, 0.15) is 17.9 Å². The van der Waals surface area contributed by atoms with Gasteiger partial charge in [-0.1, -0.05) is 18.2 Å². The molecule has 52 heavy (non-hydrogen) atoms. The van der Waals surface area contributed by atoms with Gasteiger partial charge in [-0.2, -0.15) is 0 Å². The highest BCUT2D eigenvalue weighted by atomic mass is 19.1. The molecule has 1 saturated carbocycles. The maximum absolute atomic E-state index is 14.0. The van der Waals surface area contributed by atoms with Gasteiger partial charge in [-0.05, 0) is 124 Å². The highest BCUT2D eigenvalue weighted by Crippen LogP contribution is 2.47. The van der Waals surface area contributed by atoms with Crippen LogP contribution in [-0.2, 0) is 9.59 Å². The molecule has 3 fully saturated rings. The van der Waals surface area contributed by atoms with Crippen molar-refractivity contribution in [2.24, 2.45) is 0 Å². The van der Waals surface area contributed by atoms with Gasteiger partial charge in [0.2, 0.25) is 5.91 Å². The summed E-state index contributed by atoms with van der Waals surface area (Å²) in [6, 6.07) is 17.0. The first-order valence-electron chi connectivity index (χ1n) is 18.4. The van der Waals surface area contributed by atoms with Crippen molar-refractivity contribution in [1.82, 2.24) is 25.4 Å². The minimum Gasteiger partial charge on any atom is -0.504 e. The van der Waals surface area contributed by atoms with E-state index in [0.717, 1.165) is 63.1 Å². The number of ether oxygens (including phenoxy) is 1. The Morgan fingerprint density at radius 3 is 2.50 bits per heavy atom. The molecule has 12 heteroatoms. The molecule has 4 aliphatic rings. The van der Waals surface area contributed by atoms with Crippen LogP contribution in [0.3, 0.4) is 0 Å². The number of fused-ring (bicyclic) bond motifs is 1. The number of pyridine rings is 1. The Hall–Kier alpha value is -5.10. The summed E-state index contributed by atoms with van der Waals surface area (Å²) in [5.74, 6) is 0.263. The Morgan fingerprint density at radius 2 is 1.71 bits per heavy atom. The molecule has 270 valence electrons. The standard InChI is InChI=1S/C40H44FN7O4/c1-40(16-12-35(49)44-39(40)51)48-20-21-52-37-28(4-3-7-34(37)48)25-8-10-27(11-9-25)47-18-14-24(15-19-47)26-13-17-43-32(22-26)30-23-33(45-46-38(30)42)29-5-2-6-31(41)36(29)50/h2-7,13,17,22-25,27,50H,8-12,14-16,18-21H2,1H3,(H2,42,46)(H,44,49,51)/t25-,27-,40-/m0/s1. The van der Waals surface area contributed by atoms with Gasteiger partial charge in [0.25, 0.3) is 5.91 Å². The molecule has 2 amide bonds. The van der Waals surface area contributed by atoms with Crippen LogP contribution in [0.5, 0.6) is 11.5 Å². The van der Waals surface area contributed by atoms with E-state index in [4.69, 9.17) is 10.5 Å². The summed E-state index contributed by atoms with van der Waals surface area (Å²) in [5, 5.41) is 21.0. The highest BCUT2D eigenvalue weighted by Gasteiger charge is 2.46. The van der Waals surface area contributed by atoms with Gasteiger partial charge in [0.15, 0.2) is 17.4 Å². The number of nitrogens with two attached hydrogens (primary N) is 1. The fourth-order valence-electron chi connectivity index (χ4n) is 8.82. The fraction of sp³-hybridized carbons (Fsp3) is 0.425. The van der Waals surface area contributed by atoms with Crippen LogP contribution in [0.2, 0.25) is 0 Å². The van der Waals surface area contributed by atoms with Gasteiger partial charge < -0.3 is 25.4 Å². The zero-order valence-electron chi connectivity index (χ0n) is 29.4. The van der Waals surface area contributed by atoms with Crippen LogP contribution >= 0.6 is 0 Å². The largest absolute Gasteiger partial charge is 0.504 e. The first-order chi connectivity index (χ1) is 25.2. The number of nitrogens with one attached hydrogen (secondary N) is 1. The number of benzene rings is 2. The number of carbonyl (C=O) groups is 2. The van der Waals surface area contributed by atoms with Crippen LogP contribution in [0.25, 0.3) is 22.5 Å². The highest BCUT2D eigenvalue weighted by molar-refractivity contribution is 6.04. The number of phenolic OH excluding ortho intramolecular Hbond substituents is 1. The number of aromatic nitrogens is 3. The third-order valence-corrected chi connectivity index (χ3v) is 11.9. The maximum atomic E-state index is 14.0. The first-order valence-corrected chi connectivity index (χ1v) is 18.4. The van der Waals surface area contributed by atoms with Crippen molar-refractivity contribution in [3.05, 3.63) is 77.7 Å². The average molecular weight is 706 g/mol. The Bertz CT molecular complexity index is 2010. The predicted octanol–water partition coefficient (Wildman–Crippen LogP) is 5.93. The third kappa shape index (κ3) is 6.23. The van der Waals surface area contributed by atoms with Crippen LogP contribution in [0.1, 0.15) is 81.3 Å². The smallest absolute Gasteiger partial charge is 0.252 e. The minimum atomic E-state index is -0.783. The zero-order valence-corrected chi connectivity index (χ0v) is 29.4. The summed E-state index contributed by atoms with van der Waals surface area (Å²) in [6.45, 7) is 5.11. The quantitative estimate of drug-likeness (QED) is 0.206. The van der Waals surface area contributed by atoms with E-state index in [1.165, 1.54) is 23.3 Å². The predicted molar refractivity (Wildman–Crippen MR) is 195 cm³/mol. The van der Waals surface area contributed by atoms with Gasteiger partial charge in [-0.3, -0.25) is 19.9 Å². The van der Waals surface area contributed by atoms with Crippen molar-refractivity contribution in [3.8, 4) is 34.0 Å². The summed E-state index contributed by atoms with van der Waals surface area (Å²) in [5.41, 5.74) is 10.7. The number of rotatable bonds is 6. The number of hydrogen-bond acceptors (Lipinski definition) is 10. The molecular formula is C40H44FN7O4. The van der Waals surface area contributed by atoms with E-state index in [1.807, 2.05) is 13.0 Å². The zero-order chi connectivity index (χ0) is 36.0. The van der Waals surface area contributed by atoms with Crippen molar-refractivity contribution in [1.29, 1.82) is 0 Å². The number of carbonyl (C=O) groups excluding carboxylic acids is 2. The molecule has 2 saturated heterocycles. The van der Waals surface area contributed by atoms with Gasteiger partial charge >= 0.3 is 0 Å². The number of likely N-dealkylation sites (tertiary alicyclic amines) is 1.